The summed E-state index contributed by atoms with van der Waals surface area (Å²) in [5.74, 6) is 0. The second kappa shape index (κ2) is 6.98. The zero-order valence-corrected chi connectivity index (χ0v) is 10.4. The Balaban J connectivity index is 0.000000192. The number of carbonyl (C=O) groups excluding carboxylic acids is 2. The molecule has 96 valence electrons. The largest absolute Gasteiger partial charge is 0.383 e. The van der Waals surface area contributed by atoms with Crippen molar-refractivity contribution in [3.05, 3.63) is 48.5 Å². The smallest absolute Gasteiger partial charge is 0.210 e. The molecule has 0 saturated carbocycles. The molecule has 0 spiro atoms. The predicted molar refractivity (Wildman–Crippen MR) is 69.1 cm³/mol. The number of hydrogen-bond acceptors (Lipinski definition) is 4. The van der Waals surface area contributed by atoms with E-state index in [9.17, 15) is 18.0 Å². The van der Waals surface area contributed by atoms with E-state index in [1.54, 1.807) is 0 Å². The fourth-order valence-electron chi connectivity index (χ4n) is 1.25. The number of hydrogen-bond donors (Lipinski definition) is 0. The molecule has 0 aliphatic carbocycles. The van der Waals surface area contributed by atoms with Gasteiger partial charge < -0.3 is 0 Å². The Kier molecular flexibility index (Phi) is 5.32. The summed E-state index contributed by atoms with van der Waals surface area (Å²) in [5.41, 5.74) is 0. The summed E-state index contributed by atoms with van der Waals surface area (Å²) in [6.07, 6.45) is 1.41. The molecule has 0 radical (unpaired) electrons. The molecular formula is C12H8N2O4S. The van der Waals surface area contributed by atoms with Gasteiger partial charge in [0.1, 0.15) is 0 Å². The van der Waals surface area contributed by atoms with Crippen LogP contribution in [0.15, 0.2) is 57.3 Å². The summed E-state index contributed by atoms with van der Waals surface area (Å²) < 4.78 is 24.3. The lowest BCUT2D eigenvalue weighted by molar-refractivity contribution is 0.561. The van der Waals surface area contributed by atoms with Gasteiger partial charge in [-0.1, -0.05) is 57.3 Å². The van der Waals surface area contributed by atoms with Crippen LogP contribution in [-0.4, -0.2) is 20.6 Å². The first-order chi connectivity index (χ1) is 9.09. The maximum absolute atomic E-state index is 9.97. The van der Waals surface area contributed by atoms with Gasteiger partial charge >= 0.3 is 10.2 Å². The van der Waals surface area contributed by atoms with Crippen molar-refractivity contribution in [1.29, 1.82) is 0 Å². The fourth-order valence-corrected chi connectivity index (χ4v) is 1.48. The van der Waals surface area contributed by atoms with Gasteiger partial charge in [0.2, 0.25) is 0 Å². The number of isocyanates is 2. The number of nitrogens with zero attached hydrogens (tertiary/aromatic N) is 2. The topological polar surface area (TPSA) is 93.0 Å². The first kappa shape index (κ1) is 14.5. The lowest BCUT2D eigenvalue weighted by Crippen LogP contribution is -1.86. The van der Waals surface area contributed by atoms with Crippen molar-refractivity contribution >= 4 is 33.1 Å². The molecular weight excluding hydrogens is 268 g/mol. The third-order valence-corrected chi connectivity index (χ3v) is 2.57. The minimum absolute atomic E-state index is 0.707. The SMILES string of the molecule is O=C=NS(=O)(=O)N=C=O.c1ccc2ccccc2c1. The van der Waals surface area contributed by atoms with E-state index in [0.717, 1.165) is 0 Å². The maximum atomic E-state index is 9.97. The van der Waals surface area contributed by atoms with Crippen LogP contribution < -0.4 is 0 Å². The van der Waals surface area contributed by atoms with E-state index in [2.05, 4.69) is 57.3 Å². The molecule has 0 saturated heterocycles. The summed E-state index contributed by atoms with van der Waals surface area (Å²) in [7, 11) is -4.28. The van der Waals surface area contributed by atoms with Crippen LogP contribution in [-0.2, 0) is 19.8 Å². The molecule has 0 bridgehead atoms. The lowest BCUT2D eigenvalue weighted by atomic mass is 10.1. The van der Waals surface area contributed by atoms with Gasteiger partial charge in [-0.3, -0.25) is 0 Å². The highest BCUT2D eigenvalue weighted by atomic mass is 32.2. The molecule has 0 atom stereocenters. The van der Waals surface area contributed by atoms with Gasteiger partial charge in [0.25, 0.3) is 12.2 Å². The molecule has 19 heavy (non-hydrogen) atoms. The van der Waals surface area contributed by atoms with Gasteiger partial charge in [0.15, 0.2) is 0 Å². The van der Waals surface area contributed by atoms with Crippen molar-refractivity contribution in [2.24, 2.45) is 8.80 Å². The minimum Gasteiger partial charge on any atom is -0.210 e. The number of fused-ring (bicyclic) bond motifs is 1. The van der Waals surface area contributed by atoms with Gasteiger partial charge in [0.05, 0.1) is 0 Å². The molecule has 0 unspecified atom stereocenters. The van der Waals surface area contributed by atoms with Crippen molar-refractivity contribution in [2.75, 3.05) is 0 Å². The van der Waals surface area contributed by atoms with E-state index in [1.807, 2.05) is 0 Å². The summed E-state index contributed by atoms with van der Waals surface area (Å²) in [6.45, 7) is 0. The zero-order valence-electron chi connectivity index (χ0n) is 9.55. The number of benzene rings is 2. The molecule has 0 aromatic heterocycles. The summed E-state index contributed by atoms with van der Waals surface area (Å²) in [6, 6.07) is 16.7. The Labute approximate surface area is 109 Å². The molecule has 0 aliphatic rings. The van der Waals surface area contributed by atoms with Crippen LogP contribution in [0.5, 0.6) is 0 Å². The fraction of sp³-hybridized carbons (Fsp3) is 0. The Morgan fingerprint density at radius 3 is 1.32 bits per heavy atom. The Morgan fingerprint density at radius 1 is 0.737 bits per heavy atom. The average molecular weight is 276 g/mol. The van der Waals surface area contributed by atoms with E-state index in [0.29, 0.717) is 12.2 Å². The first-order valence-electron chi connectivity index (χ1n) is 4.96. The maximum Gasteiger partial charge on any atom is 0.383 e. The van der Waals surface area contributed by atoms with Crippen molar-refractivity contribution < 1.29 is 18.0 Å². The molecule has 6 nitrogen and oxygen atoms in total. The Morgan fingerprint density at radius 2 is 1.05 bits per heavy atom. The van der Waals surface area contributed by atoms with Gasteiger partial charge in [-0.05, 0) is 10.8 Å². The quantitative estimate of drug-likeness (QED) is 0.616. The molecule has 2 aromatic rings. The highest BCUT2D eigenvalue weighted by Crippen LogP contribution is 2.11. The molecule has 7 heteroatoms. The van der Waals surface area contributed by atoms with E-state index in [4.69, 9.17) is 0 Å². The molecule has 0 aliphatic heterocycles. The van der Waals surface area contributed by atoms with E-state index < -0.39 is 10.2 Å². The molecule has 0 heterocycles. The highest BCUT2D eigenvalue weighted by Gasteiger charge is 2.00. The molecule has 2 aromatic carbocycles. The minimum atomic E-state index is -4.28. The monoisotopic (exact) mass is 276 g/mol. The Bertz CT molecular complexity index is 669. The molecule has 0 fully saturated rings. The van der Waals surface area contributed by atoms with Gasteiger partial charge in [-0.2, -0.15) is 8.42 Å². The van der Waals surface area contributed by atoms with Crippen LogP contribution in [0.3, 0.4) is 0 Å². The average Bonchev–Trinajstić information content (AvgIpc) is 2.39. The molecule has 0 amide bonds. The van der Waals surface area contributed by atoms with E-state index in [1.165, 1.54) is 10.8 Å². The second-order valence-electron chi connectivity index (χ2n) is 3.16. The summed E-state index contributed by atoms with van der Waals surface area (Å²) in [5, 5.41) is 2.62. The van der Waals surface area contributed by atoms with Crippen LogP contribution in [0.4, 0.5) is 0 Å². The third-order valence-electron chi connectivity index (χ3n) is 1.96. The zero-order chi connectivity index (χ0) is 14.1. The summed E-state index contributed by atoms with van der Waals surface area (Å²) >= 11 is 0. The second-order valence-corrected chi connectivity index (χ2v) is 4.42. The van der Waals surface area contributed by atoms with E-state index >= 15 is 0 Å². The third kappa shape index (κ3) is 5.06. The highest BCUT2D eigenvalue weighted by molar-refractivity contribution is 7.89. The van der Waals surface area contributed by atoms with Crippen LogP contribution in [0.2, 0.25) is 0 Å². The molecule has 0 N–H and O–H groups in total. The summed E-state index contributed by atoms with van der Waals surface area (Å²) in [4.78, 5) is 18.5. The standard InChI is InChI=1S/C10H8.C2N2O4S/c1-2-6-10-8-4-3-7-9(10)5-1;5-1-3-9(7,8)4-2-6/h1-8H;. The van der Waals surface area contributed by atoms with Gasteiger partial charge in [-0.25, -0.2) is 9.59 Å². The molecule has 2 rings (SSSR count). The predicted octanol–water partition coefficient (Wildman–Crippen LogP) is 1.74. The Hall–Kier alpha value is -2.59. The first-order valence-corrected chi connectivity index (χ1v) is 6.36. The van der Waals surface area contributed by atoms with Crippen molar-refractivity contribution in [3.8, 4) is 0 Å². The normalized spacial score (nSPS) is 9.47. The van der Waals surface area contributed by atoms with Crippen LogP contribution in [0.1, 0.15) is 0 Å². The van der Waals surface area contributed by atoms with Crippen LogP contribution in [0.25, 0.3) is 10.8 Å². The van der Waals surface area contributed by atoms with E-state index in [-0.39, 0.29) is 0 Å². The van der Waals surface area contributed by atoms with Crippen molar-refractivity contribution in [1.82, 2.24) is 0 Å². The van der Waals surface area contributed by atoms with Crippen molar-refractivity contribution in [3.63, 3.8) is 0 Å². The van der Waals surface area contributed by atoms with Crippen molar-refractivity contribution in [2.45, 2.75) is 0 Å². The van der Waals surface area contributed by atoms with Gasteiger partial charge in [0, 0.05) is 0 Å². The van der Waals surface area contributed by atoms with Crippen LogP contribution in [0, 0.1) is 0 Å². The van der Waals surface area contributed by atoms with Crippen LogP contribution >= 0.6 is 0 Å². The number of rotatable bonds is 2. The van der Waals surface area contributed by atoms with Gasteiger partial charge in [-0.15, -0.1) is 0 Å². The lowest BCUT2D eigenvalue weighted by Gasteiger charge is -1.92.